The molecule has 4 heterocycles. The molecule has 472 valence electrons. The maximum Gasteiger partial charge on any atom is 0.342 e. The number of nitrogens with zero attached hydrogens (tertiary/aromatic N) is 2. The molecule has 4 aliphatic rings. The Morgan fingerprint density at radius 3 is 2.12 bits per heavy atom. The Bertz CT molecular complexity index is 2430. The van der Waals surface area contributed by atoms with E-state index in [0.29, 0.717) is 41.8 Å². The predicted molar refractivity (Wildman–Crippen MR) is 303 cm³/mol. The van der Waals surface area contributed by atoms with Crippen LogP contribution in [0.15, 0.2) is 11.6 Å². The average Bonchev–Trinajstić information content (AvgIpc) is 2.48. The van der Waals surface area contributed by atoms with Gasteiger partial charge in [0, 0.05) is 49.6 Å². The standard InChI is InChI=1S/C61H98N2O20/c1-19-43-61(13,72)53(67)38(9)63(16)30-33(4)28-59(11,71)55(36(7)49(37(8)56(69)79-43)82-47-29-60(12,74-18)54(68)39(10)78-47)83-58-52(42(62(14)15)27-34(5)77-58)81-46(66)26-25-45(65)80-51-40(23-21-32(3)22-24-44(64)75-20-2)50(73-17)35(6)41-31-76-57(70)48(41)51/h21,33-34,36-39,42-43,47,49,52-55,58,67-68,71-72H,19-20,22-31H2,1-18H3/b32-21+/t33-,34-,36+,37-,38-,39+,42?,43-,47+,49+,52-,53-,54+,55-,58+,59-,60-,61-/m1/s1. The monoisotopic (exact) mass is 1180 g/mol. The summed E-state index contributed by atoms with van der Waals surface area (Å²) < 4.78 is 67.4. The van der Waals surface area contributed by atoms with Crippen LogP contribution in [-0.2, 0) is 74.8 Å². The maximum atomic E-state index is 14.7. The first kappa shape index (κ1) is 69.4. The van der Waals surface area contributed by atoms with E-state index in [-0.39, 0.29) is 68.5 Å². The minimum Gasteiger partial charge on any atom is -0.496 e. The molecule has 4 N–H and O–H groups in total. The molecule has 0 aromatic heterocycles. The molecule has 0 amide bonds. The van der Waals surface area contributed by atoms with E-state index in [0.717, 1.165) is 5.57 Å². The van der Waals surface area contributed by atoms with E-state index in [1.807, 2.05) is 50.7 Å². The Morgan fingerprint density at radius 2 is 1.51 bits per heavy atom. The summed E-state index contributed by atoms with van der Waals surface area (Å²) in [6.07, 6.45) is -8.58. The van der Waals surface area contributed by atoms with Gasteiger partial charge in [-0.3, -0.25) is 19.2 Å². The van der Waals surface area contributed by atoms with Crippen LogP contribution in [0.4, 0.5) is 0 Å². The summed E-state index contributed by atoms with van der Waals surface area (Å²) >= 11 is 0. The van der Waals surface area contributed by atoms with E-state index in [1.165, 1.54) is 21.1 Å². The quantitative estimate of drug-likeness (QED) is 0.0563. The molecule has 1 aromatic carbocycles. The van der Waals surface area contributed by atoms with Gasteiger partial charge in [0.1, 0.15) is 41.8 Å². The molecule has 22 nitrogen and oxygen atoms in total. The Balaban J connectivity index is 1.51. The Morgan fingerprint density at radius 1 is 0.855 bits per heavy atom. The number of carbonyl (C=O) groups excluding carboxylic acids is 5. The number of carbonyl (C=O) groups is 5. The van der Waals surface area contributed by atoms with E-state index in [9.17, 15) is 44.4 Å². The van der Waals surface area contributed by atoms with Crippen molar-refractivity contribution in [3.8, 4) is 11.5 Å². The second-order valence-electron chi connectivity index (χ2n) is 24.6. The number of aliphatic hydroxyl groups excluding tert-OH is 2. The molecule has 3 saturated heterocycles. The van der Waals surface area contributed by atoms with Crippen LogP contribution in [-0.4, -0.2) is 199 Å². The number of aliphatic hydroxyl groups is 4. The van der Waals surface area contributed by atoms with Crippen molar-refractivity contribution in [3.63, 3.8) is 0 Å². The first-order chi connectivity index (χ1) is 38.8. The van der Waals surface area contributed by atoms with Crippen molar-refractivity contribution in [1.29, 1.82) is 0 Å². The van der Waals surface area contributed by atoms with Gasteiger partial charge in [-0.2, -0.15) is 0 Å². The highest BCUT2D eigenvalue weighted by atomic mass is 16.7. The molecule has 5 rings (SSSR count). The summed E-state index contributed by atoms with van der Waals surface area (Å²) in [6.45, 7) is 23.0. The molecule has 3 fully saturated rings. The van der Waals surface area contributed by atoms with Crippen LogP contribution in [0, 0.1) is 24.7 Å². The number of rotatable bonds is 19. The summed E-state index contributed by atoms with van der Waals surface area (Å²) in [5, 5.41) is 48.0. The van der Waals surface area contributed by atoms with Gasteiger partial charge in [-0.1, -0.05) is 32.4 Å². The maximum absolute atomic E-state index is 14.7. The Labute approximate surface area is 491 Å². The molecular weight excluding hydrogens is 1080 g/mol. The third-order valence-electron chi connectivity index (χ3n) is 17.5. The summed E-state index contributed by atoms with van der Waals surface area (Å²) in [6, 6.07) is -1.17. The van der Waals surface area contributed by atoms with Crippen LogP contribution in [0.5, 0.6) is 11.5 Å². The van der Waals surface area contributed by atoms with Crippen molar-refractivity contribution in [2.75, 3.05) is 48.5 Å². The topological polar surface area (TPSA) is 274 Å². The molecule has 1 unspecified atom stereocenters. The van der Waals surface area contributed by atoms with Crippen molar-refractivity contribution < 1.29 is 96.5 Å². The van der Waals surface area contributed by atoms with Gasteiger partial charge in [0.2, 0.25) is 0 Å². The molecule has 1 aromatic rings. The summed E-state index contributed by atoms with van der Waals surface area (Å²) in [5.41, 5.74) is -2.34. The zero-order chi connectivity index (χ0) is 62.2. The van der Waals surface area contributed by atoms with Crippen LogP contribution in [0.1, 0.15) is 161 Å². The average molecular weight is 1180 g/mol. The largest absolute Gasteiger partial charge is 0.496 e. The van der Waals surface area contributed by atoms with Crippen LogP contribution in [0.3, 0.4) is 0 Å². The number of fused-ring (bicyclic) bond motifs is 1. The molecule has 22 heteroatoms. The highest BCUT2D eigenvalue weighted by molar-refractivity contribution is 5.99. The SMILES string of the molecule is CCOC(=O)CC/C(C)=C/Cc1c(OC)c(C)c2c(c1OC(=O)CCC(=O)O[C@@H]1C(N(C)C)C[C@@H](C)O[C@H]1O[C@@H]1[C@@H](C)[C@H](O[C@H]3C[C@@](C)(OC)[C@@H](O)[C@H](C)O3)[C@@H](C)C(=O)O[C@H](CC)[C@@](C)(O)[C@H](O)[C@@H](C)N(C)C[C@H](C)C[C@@]1(C)O)C(=O)OC2. The van der Waals surface area contributed by atoms with Crippen molar-refractivity contribution in [3.05, 3.63) is 33.9 Å². The predicted octanol–water partition coefficient (Wildman–Crippen LogP) is 5.66. The lowest BCUT2D eigenvalue weighted by atomic mass is 9.77. The molecule has 0 saturated carbocycles. The minimum atomic E-state index is -1.90. The van der Waals surface area contributed by atoms with Gasteiger partial charge in [-0.15, -0.1) is 0 Å². The van der Waals surface area contributed by atoms with Gasteiger partial charge in [-0.25, -0.2) is 4.79 Å². The number of methoxy groups -OCH3 is 2. The number of cyclic esters (lactones) is 2. The summed E-state index contributed by atoms with van der Waals surface area (Å²) in [7, 11) is 8.38. The number of ether oxygens (including phenoxy) is 11. The third-order valence-corrected chi connectivity index (χ3v) is 17.5. The molecule has 0 spiro atoms. The highest BCUT2D eigenvalue weighted by Crippen LogP contribution is 2.44. The molecular formula is C61H98N2O20. The summed E-state index contributed by atoms with van der Waals surface area (Å²) in [5.74, 6) is -5.52. The first-order valence-corrected chi connectivity index (χ1v) is 29.4. The second kappa shape index (κ2) is 29.4. The normalized spacial score (nSPS) is 36.0. The van der Waals surface area contributed by atoms with Crippen molar-refractivity contribution in [1.82, 2.24) is 9.80 Å². The van der Waals surface area contributed by atoms with Gasteiger partial charge in [0.25, 0.3) is 0 Å². The van der Waals surface area contributed by atoms with E-state index in [4.69, 9.17) is 52.1 Å². The number of hydrogen-bond acceptors (Lipinski definition) is 22. The van der Waals surface area contributed by atoms with E-state index >= 15 is 0 Å². The van der Waals surface area contributed by atoms with E-state index in [1.54, 1.807) is 69.4 Å². The zero-order valence-electron chi connectivity index (χ0n) is 52.4. The smallest absolute Gasteiger partial charge is 0.342 e. The van der Waals surface area contributed by atoms with Crippen molar-refractivity contribution in [2.45, 2.75) is 245 Å². The van der Waals surface area contributed by atoms with E-state index in [2.05, 4.69) is 0 Å². The molecule has 0 bridgehead atoms. The van der Waals surface area contributed by atoms with Crippen LogP contribution >= 0.6 is 0 Å². The lowest BCUT2D eigenvalue weighted by Gasteiger charge is -2.49. The number of benzene rings is 1. The number of allylic oxidation sites excluding steroid dienone is 2. The van der Waals surface area contributed by atoms with Crippen LogP contribution in [0.25, 0.3) is 0 Å². The number of esters is 5. The fourth-order valence-corrected chi connectivity index (χ4v) is 12.5. The summed E-state index contributed by atoms with van der Waals surface area (Å²) in [4.78, 5) is 72.1. The lowest BCUT2D eigenvalue weighted by Crippen LogP contribution is -2.61. The number of hydrogen-bond donors (Lipinski definition) is 4. The van der Waals surface area contributed by atoms with Crippen molar-refractivity contribution in [2.24, 2.45) is 17.8 Å². The van der Waals surface area contributed by atoms with Crippen LogP contribution in [0.2, 0.25) is 0 Å². The second-order valence-corrected chi connectivity index (χ2v) is 24.6. The van der Waals surface area contributed by atoms with Crippen molar-refractivity contribution >= 4 is 29.8 Å². The van der Waals surface area contributed by atoms with Gasteiger partial charge in [0.05, 0.1) is 74.1 Å². The van der Waals surface area contributed by atoms with Crippen LogP contribution < -0.4 is 9.47 Å². The fraction of sp³-hybridized carbons (Fsp3) is 0.787. The van der Waals surface area contributed by atoms with Gasteiger partial charge in [-0.05, 0) is 134 Å². The lowest BCUT2D eigenvalue weighted by molar-refractivity contribution is -0.319. The fourth-order valence-electron chi connectivity index (χ4n) is 12.5. The third kappa shape index (κ3) is 16.6. The molecule has 18 atom stereocenters. The molecule has 4 aliphatic heterocycles. The molecule has 0 aliphatic carbocycles. The Kier molecular flexibility index (Phi) is 24.6. The first-order valence-electron chi connectivity index (χ1n) is 29.4. The van der Waals surface area contributed by atoms with Gasteiger partial charge in [0.15, 0.2) is 24.4 Å². The number of likely N-dealkylation sites (N-methyl/N-ethyl adjacent to an activating group) is 2. The molecule has 83 heavy (non-hydrogen) atoms. The Hall–Kier alpha value is -4.33. The zero-order valence-corrected chi connectivity index (χ0v) is 52.4. The van der Waals surface area contributed by atoms with E-state index < -0.39 is 139 Å². The highest BCUT2D eigenvalue weighted by Gasteiger charge is 2.53. The molecule has 0 radical (unpaired) electrons. The van der Waals surface area contributed by atoms with Gasteiger partial charge >= 0.3 is 29.8 Å². The minimum absolute atomic E-state index is 0.0347. The van der Waals surface area contributed by atoms with Gasteiger partial charge < -0.3 is 82.3 Å².